The van der Waals surface area contributed by atoms with Gasteiger partial charge >= 0.3 is 0 Å². The Balaban J connectivity index is 1.81. The fraction of sp³-hybridized carbons (Fsp3) is 0.231. The zero-order valence-electron chi connectivity index (χ0n) is 17.7. The van der Waals surface area contributed by atoms with Crippen molar-refractivity contribution in [2.75, 3.05) is 11.9 Å². The van der Waals surface area contributed by atoms with Gasteiger partial charge in [0.05, 0.1) is 5.92 Å². The average molecular weight is 401 g/mol. The highest BCUT2D eigenvalue weighted by atomic mass is 16.2. The van der Waals surface area contributed by atoms with E-state index in [0.717, 1.165) is 16.7 Å². The molecule has 3 aromatic carbocycles. The van der Waals surface area contributed by atoms with Gasteiger partial charge in [-0.3, -0.25) is 9.59 Å². The first-order chi connectivity index (χ1) is 14.5. The highest BCUT2D eigenvalue weighted by Crippen LogP contribution is 2.27. The number of amides is 2. The number of hydrogen-bond donors (Lipinski definition) is 2. The van der Waals surface area contributed by atoms with E-state index in [2.05, 4.69) is 24.5 Å². The van der Waals surface area contributed by atoms with Crippen molar-refractivity contribution in [1.29, 1.82) is 0 Å². The van der Waals surface area contributed by atoms with Crippen LogP contribution in [0.5, 0.6) is 0 Å². The first kappa shape index (κ1) is 21.3. The third-order valence-electron chi connectivity index (χ3n) is 4.95. The van der Waals surface area contributed by atoms with E-state index in [9.17, 15) is 9.59 Å². The first-order valence-electron chi connectivity index (χ1n) is 10.3. The lowest BCUT2D eigenvalue weighted by Gasteiger charge is -2.19. The maximum atomic E-state index is 13.3. The standard InChI is InChI=1S/C26H28N2O2/c1-18(2)17-27-25(29)22-14-15-23(19(3)16-22)28-26(30)24(20-10-6-4-7-11-20)21-12-8-5-9-13-21/h4-16,18,24H,17H2,1-3H3,(H,27,29)(H,28,30). The molecule has 0 spiro atoms. The van der Waals surface area contributed by atoms with Crippen LogP contribution in [-0.4, -0.2) is 18.4 Å². The summed E-state index contributed by atoms with van der Waals surface area (Å²) in [6, 6.07) is 24.9. The van der Waals surface area contributed by atoms with Crippen LogP contribution in [0, 0.1) is 12.8 Å². The number of rotatable bonds is 7. The van der Waals surface area contributed by atoms with Gasteiger partial charge in [-0.15, -0.1) is 0 Å². The number of carbonyl (C=O) groups excluding carboxylic acids is 2. The fourth-order valence-electron chi connectivity index (χ4n) is 3.34. The Labute approximate surface area is 178 Å². The van der Waals surface area contributed by atoms with Gasteiger partial charge in [-0.05, 0) is 47.7 Å². The quantitative estimate of drug-likeness (QED) is 0.576. The second-order valence-electron chi connectivity index (χ2n) is 7.88. The van der Waals surface area contributed by atoms with Crippen molar-refractivity contribution in [2.45, 2.75) is 26.7 Å². The Morgan fingerprint density at radius 3 is 1.90 bits per heavy atom. The van der Waals surface area contributed by atoms with E-state index in [1.165, 1.54) is 0 Å². The van der Waals surface area contributed by atoms with Crippen molar-refractivity contribution in [3.05, 3.63) is 101 Å². The van der Waals surface area contributed by atoms with Crippen LogP contribution < -0.4 is 10.6 Å². The molecule has 0 aliphatic rings. The number of hydrogen-bond acceptors (Lipinski definition) is 2. The molecule has 0 heterocycles. The second-order valence-corrected chi connectivity index (χ2v) is 7.88. The Kier molecular flexibility index (Phi) is 7.02. The zero-order chi connectivity index (χ0) is 21.5. The molecular formula is C26H28N2O2. The van der Waals surface area contributed by atoms with Gasteiger partial charge in [-0.1, -0.05) is 74.5 Å². The maximum absolute atomic E-state index is 13.3. The van der Waals surface area contributed by atoms with Crippen LogP contribution in [-0.2, 0) is 4.79 Å². The smallest absolute Gasteiger partial charge is 0.251 e. The Morgan fingerprint density at radius 2 is 1.40 bits per heavy atom. The van der Waals surface area contributed by atoms with Crippen LogP contribution in [0.3, 0.4) is 0 Å². The summed E-state index contributed by atoms with van der Waals surface area (Å²) >= 11 is 0. The van der Waals surface area contributed by atoms with E-state index in [-0.39, 0.29) is 11.8 Å². The molecule has 2 N–H and O–H groups in total. The topological polar surface area (TPSA) is 58.2 Å². The summed E-state index contributed by atoms with van der Waals surface area (Å²) < 4.78 is 0. The van der Waals surface area contributed by atoms with Gasteiger partial charge < -0.3 is 10.6 Å². The van der Waals surface area contributed by atoms with E-state index in [4.69, 9.17) is 0 Å². The minimum atomic E-state index is -0.416. The Morgan fingerprint density at radius 1 is 0.833 bits per heavy atom. The summed E-state index contributed by atoms with van der Waals surface area (Å²) in [5.74, 6) is -0.231. The Bertz CT molecular complexity index is 959. The lowest BCUT2D eigenvalue weighted by molar-refractivity contribution is -0.116. The minimum absolute atomic E-state index is 0.101. The normalized spacial score (nSPS) is 10.8. The molecule has 4 nitrogen and oxygen atoms in total. The second kappa shape index (κ2) is 9.88. The average Bonchev–Trinajstić information content (AvgIpc) is 2.75. The summed E-state index contributed by atoms with van der Waals surface area (Å²) in [7, 11) is 0. The number of aryl methyl sites for hydroxylation is 1. The largest absolute Gasteiger partial charge is 0.352 e. The summed E-state index contributed by atoms with van der Waals surface area (Å²) in [6.45, 7) is 6.64. The molecule has 0 bridgehead atoms. The number of anilines is 1. The maximum Gasteiger partial charge on any atom is 0.251 e. The van der Waals surface area contributed by atoms with Crippen LogP contribution in [0.1, 0.15) is 46.8 Å². The van der Waals surface area contributed by atoms with Crippen LogP contribution in [0.4, 0.5) is 5.69 Å². The lowest BCUT2D eigenvalue weighted by Crippen LogP contribution is -2.27. The molecule has 0 fully saturated rings. The van der Waals surface area contributed by atoms with E-state index >= 15 is 0 Å². The van der Waals surface area contributed by atoms with Crippen molar-refractivity contribution in [3.63, 3.8) is 0 Å². The molecule has 0 radical (unpaired) electrons. The highest BCUT2D eigenvalue weighted by Gasteiger charge is 2.23. The molecule has 0 aliphatic carbocycles. The van der Waals surface area contributed by atoms with Gasteiger partial charge in [0.15, 0.2) is 0 Å². The van der Waals surface area contributed by atoms with E-state index < -0.39 is 5.92 Å². The molecule has 3 aromatic rings. The molecule has 154 valence electrons. The zero-order valence-corrected chi connectivity index (χ0v) is 17.7. The highest BCUT2D eigenvalue weighted by molar-refractivity contribution is 6.00. The molecule has 3 rings (SSSR count). The Hall–Kier alpha value is -3.40. The fourth-order valence-corrected chi connectivity index (χ4v) is 3.34. The van der Waals surface area contributed by atoms with E-state index in [1.54, 1.807) is 12.1 Å². The SMILES string of the molecule is Cc1cc(C(=O)NCC(C)C)ccc1NC(=O)C(c1ccccc1)c1ccccc1. The number of nitrogens with one attached hydrogen (secondary N) is 2. The lowest BCUT2D eigenvalue weighted by atomic mass is 9.90. The van der Waals surface area contributed by atoms with E-state index in [1.807, 2.05) is 73.7 Å². The molecule has 0 atom stereocenters. The molecule has 4 heteroatoms. The molecule has 0 aliphatic heterocycles. The molecular weight excluding hydrogens is 372 g/mol. The molecule has 0 saturated heterocycles. The summed E-state index contributed by atoms with van der Waals surface area (Å²) in [6.07, 6.45) is 0. The molecule has 2 amide bonds. The van der Waals surface area contributed by atoms with Crippen molar-refractivity contribution in [2.24, 2.45) is 5.92 Å². The van der Waals surface area contributed by atoms with Gasteiger partial charge in [0.25, 0.3) is 5.91 Å². The molecule has 0 saturated carbocycles. The predicted octanol–water partition coefficient (Wildman–Crippen LogP) is 5.15. The summed E-state index contributed by atoms with van der Waals surface area (Å²) in [5.41, 5.74) is 4.01. The summed E-state index contributed by atoms with van der Waals surface area (Å²) in [4.78, 5) is 25.6. The molecule has 30 heavy (non-hydrogen) atoms. The minimum Gasteiger partial charge on any atom is -0.352 e. The summed E-state index contributed by atoms with van der Waals surface area (Å²) in [5, 5.41) is 5.97. The van der Waals surface area contributed by atoms with E-state index in [0.29, 0.717) is 23.7 Å². The van der Waals surface area contributed by atoms with Gasteiger partial charge in [-0.2, -0.15) is 0 Å². The number of carbonyl (C=O) groups is 2. The van der Waals surface area contributed by atoms with Crippen molar-refractivity contribution in [3.8, 4) is 0 Å². The van der Waals surface area contributed by atoms with Crippen molar-refractivity contribution >= 4 is 17.5 Å². The van der Waals surface area contributed by atoms with Crippen molar-refractivity contribution in [1.82, 2.24) is 5.32 Å². The van der Waals surface area contributed by atoms with Crippen LogP contribution >= 0.6 is 0 Å². The monoisotopic (exact) mass is 400 g/mol. The van der Waals surface area contributed by atoms with Crippen LogP contribution in [0.15, 0.2) is 78.9 Å². The van der Waals surface area contributed by atoms with Gasteiger partial charge in [-0.25, -0.2) is 0 Å². The number of benzene rings is 3. The van der Waals surface area contributed by atoms with Gasteiger partial charge in [0, 0.05) is 17.8 Å². The first-order valence-corrected chi connectivity index (χ1v) is 10.3. The van der Waals surface area contributed by atoms with Gasteiger partial charge in [0.2, 0.25) is 5.91 Å². The molecule has 0 unspecified atom stereocenters. The van der Waals surface area contributed by atoms with Gasteiger partial charge in [0.1, 0.15) is 0 Å². The third kappa shape index (κ3) is 5.35. The van der Waals surface area contributed by atoms with Crippen LogP contribution in [0.25, 0.3) is 0 Å². The predicted molar refractivity (Wildman–Crippen MR) is 122 cm³/mol. The van der Waals surface area contributed by atoms with Crippen LogP contribution in [0.2, 0.25) is 0 Å². The molecule has 0 aromatic heterocycles. The third-order valence-corrected chi connectivity index (χ3v) is 4.95. The van der Waals surface area contributed by atoms with Crippen molar-refractivity contribution < 1.29 is 9.59 Å².